The Labute approximate surface area is 318 Å². The number of aliphatic imine (C=N–C) groups is 1. The van der Waals surface area contributed by atoms with Crippen molar-refractivity contribution in [3.8, 4) is 23.7 Å². The van der Waals surface area contributed by atoms with E-state index in [1.54, 1.807) is 17.3 Å². The minimum Gasteiger partial charge on any atom is -0.469 e. The van der Waals surface area contributed by atoms with Gasteiger partial charge in [-0.2, -0.15) is 0 Å². The minimum absolute atomic E-state index is 0.00687. The van der Waals surface area contributed by atoms with Crippen LogP contribution in [0.1, 0.15) is 95.9 Å². The van der Waals surface area contributed by atoms with Gasteiger partial charge in [0.1, 0.15) is 17.6 Å². The van der Waals surface area contributed by atoms with Crippen molar-refractivity contribution in [2.75, 3.05) is 27.3 Å². The highest BCUT2D eigenvalue weighted by atomic mass is 16.5. The Morgan fingerprint density at radius 3 is 2.09 bits per heavy atom. The lowest BCUT2D eigenvalue weighted by Crippen LogP contribution is -2.51. The standard InChI is InChI=1S/C42H52N6O6/c1-25(2)33(20-37(49)53-7)40(50)47-23-27(5)17-35(47)34-19-31(21-43-34)14-13-29-9-11-30(12-10-29)15-16-32-22-44-39(45-32)36-18-28(6)24-48(36)41(51)38(26(3)4)46-42(52)54-8/h9-12,21-22,25-28,33,35-36,38H,17-20,23-24H2,1-8H3,(H,44,45)(H,46,52)/t27-,28-,33-,35-,36-,38-/m0/s1/i40+2,41+2. The second-order valence-electron chi connectivity index (χ2n) is 15.4. The van der Waals surface area contributed by atoms with Crippen LogP contribution in [-0.2, 0) is 23.9 Å². The van der Waals surface area contributed by atoms with Gasteiger partial charge in [-0.25, -0.2) is 9.78 Å². The Morgan fingerprint density at radius 2 is 1.50 bits per heavy atom. The van der Waals surface area contributed by atoms with Crippen LogP contribution in [0.15, 0.2) is 47.2 Å². The maximum atomic E-state index is 13.6. The number of likely N-dealkylation sites (tertiary alicyclic amines) is 2. The Bertz CT molecular complexity index is 1910. The van der Waals surface area contributed by atoms with Crippen LogP contribution in [0.4, 0.5) is 4.79 Å². The van der Waals surface area contributed by atoms with Crippen LogP contribution >= 0.6 is 0 Å². The summed E-state index contributed by atoms with van der Waals surface area (Å²) in [5, 5.41) is 2.68. The summed E-state index contributed by atoms with van der Waals surface area (Å²) in [6.07, 6.45) is 5.07. The number of esters is 1. The van der Waals surface area contributed by atoms with E-state index in [1.807, 2.05) is 56.9 Å². The van der Waals surface area contributed by atoms with Crippen LogP contribution in [0.2, 0.25) is 0 Å². The number of methoxy groups -OCH3 is 2. The molecule has 12 nitrogen and oxygen atoms in total. The van der Waals surface area contributed by atoms with Crippen molar-refractivity contribution in [1.82, 2.24) is 25.1 Å². The van der Waals surface area contributed by atoms with E-state index in [4.69, 9.17) is 14.5 Å². The van der Waals surface area contributed by atoms with E-state index in [0.717, 1.165) is 35.3 Å². The first-order chi connectivity index (χ1) is 25.8. The van der Waals surface area contributed by atoms with E-state index >= 15 is 0 Å². The Hall–Kier alpha value is -5.36. The number of amides is 3. The zero-order valence-electron chi connectivity index (χ0n) is 32.6. The molecule has 0 saturated carbocycles. The van der Waals surface area contributed by atoms with Gasteiger partial charge in [-0.05, 0) is 66.7 Å². The Morgan fingerprint density at radius 1 is 0.889 bits per heavy atom. The van der Waals surface area contributed by atoms with Crippen LogP contribution in [0.5, 0.6) is 0 Å². The van der Waals surface area contributed by atoms with Gasteiger partial charge in [0.2, 0.25) is 11.8 Å². The zero-order valence-corrected chi connectivity index (χ0v) is 32.6. The fourth-order valence-corrected chi connectivity index (χ4v) is 7.34. The van der Waals surface area contributed by atoms with Gasteiger partial charge in [0.25, 0.3) is 0 Å². The molecule has 0 aliphatic carbocycles. The molecule has 3 aliphatic heterocycles. The number of aromatic nitrogens is 2. The number of allylic oxidation sites excluding steroid dienone is 1. The number of alkyl carbamates (subject to hydrolysis) is 1. The van der Waals surface area contributed by atoms with E-state index in [0.29, 0.717) is 36.9 Å². The van der Waals surface area contributed by atoms with Gasteiger partial charge in [-0.15, -0.1) is 0 Å². The molecule has 0 spiro atoms. The van der Waals surface area contributed by atoms with Crippen molar-refractivity contribution in [2.45, 2.75) is 85.4 Å². The third-order valence-corrected chi connectivity index (χ3v) is 10.4. The highest BCUT2D eigenvalue weighted by Gasteiger charge is 2.42. The summed E-state index contributed by atoms with van der Waals surface area (Å²) < 4.78 is 9.61. The molecule has 6 atom stereocenters. The topological polar surface area (TPSA) is 146 Å². The molecule has 2 saturated heterocycles. The highest BCUT2D eigenvalue weighted by Crippen LogP contribution is 2.35. The number of nitrogens with zero attached hydrogens (tertiary/aromatic N) is 4. The summed E-state index contributed by atoms with van der Waals surface area (Å²) in [6, 6.07) is 6.62. The first-order valence-electron chi connectivity index (χ1n) is 18.7. The Kier molecular flexibility index (Phi) is 13.0. The molecule has 1 aromatic carbocycles. The quantitative estimate of drug-likeness (QED) is 0.264. The van der Waals surface area contributed by atoms with Crippen molar-refractivity contribution in [1.29, 1.82) is 0 Å². The molecular formula is C42H52N6O6. The van der Waals surface area contributed by atoms with Gasteiger partial charge >= 0.3 is 12.1 Å². The molecule has 3 aliphatic rings. The largest absolute Gasteiger partial charge is 0.469 e. The van der Waals surface area contributed by atoms with Gasteiger partial charge in [0.15, 0.2) is 0 Å². The lowest BCUT2D eigenvalue weighted by Gasteiger charge is -2.30. The van der Waals surface area contributed by atoms with Crippen molar-refractivity contribution >= 4 is 29.6 Å². The predicted octanol–water partition coefficient (Wildman–Crippen LogP) is 5.25. The second kappa shape index (κ2) is 17.6. The van der Waals surface area contributed by atoms with Gasteiger partial charge in [0, 0.05) is 48.1 Å². The van der Waals surface area contributed by atoms with Crippen LogP contribution in [0.25, 0.3) is 0 Å². The molecule has 0 radical (unpaired) electrons. The molecular weight excluding hydrogens is 688 g/mol. The SMILES string of the molecule is COC(=O)C[C@@H](C(C)C)[14C](=O)N1C[C@@H](C)C[C@H]1C1=NC=C(C#Cc2ccc(C#Cc3cnc([C@@H]4C[C@H](C)CN4[14C](=O)[C@@H](NC(=O)OC)C(C)C)[nH]3)cc2)C1. The van der Waals surface area contributed by atoms with E-state index < -0.39 is 18.1 Å². The third kappa shape index (κ3) is 9.59. The number of carbonyl (C=O) groups is 4. The fraction of sp³-hybridized carbons (Fsp3) is 0.524. The van der Waals surface area contributed by atoms with Gasteiger partial charge in [-0.3, -0.25) is 19.4 Å². The number of benzene rings is 1. The second-order valence-corrected chi connectivity index (χ2v) is 15.4. The van der Waals surface area contributed by atoms with Crippen molar-refractivity contribution in [3.05, 3.63) is 64.9 Å². The number of H-pyrrole nitrogens is 1. The van der Waals surface area contributed by atoms with Crippen LogP contribution in [0, 0.1) is 53.3 Å². The molecule has 5 rings (SSSR count). The normalized spacial score (nSPS) is 21.7. The summed E-state index contributed by atoms with van der Waals surface area (Å²) >= 11 is 0. The fourth-order valence-electron chi connectivity index (χ4n) is 7.34. The molecule has 0 unspecified atom stereocenters. The minimum atomic E-state index is -0.708. The number of carbonyl (C=O) groups excluding carboxylic acids is 4. The molecule has 4 heterocycles. The van der Waals surface area contributed by atoms with Gasteiger partial charge in [0.05, 0.1) is 44.8 Å². The average molecular weight is 741 g/mol. The molecule has 54 heavy (non-hydrogen) atoms. The molecule has 286 valence electrons. The molecule has 2 N–H and O–H groups in total. The summed E-state index contributed by atoms with van der Waals surface area (Å²) in [6.45, 7) is 13.1. The average Bonchev–Trinajstić information content (AvgIpc) is 3.97. The number of hydrogen-bond acceptors (Lipinski definition) is 8. The summed E-state index contributed by atoms with van der Waals surface area (Å²) in [4.78, 5) is 67.5. The van der Waals surface area contributed by atoms with Crippen LogP contribution in [0.3, 0.4) is 0 Å². The number of rotatable bonds is 9. The third-order valence-electron chi connectivity index (χ3n) is 10.4. The van der Waals surface area contributed by atoms with E-state index in [2.05, 4.69) is 52.8 Å². The number of imidazole rings is 1. The molecule has 2 aromatic rings. The smallest absolute Gasteiger partial charge is 0.407 e. The lowest BCUT2D eigenvalue weighted by atomic mass is 10.00. The lowest BCUT2D eigenvalue weighted by molar-refractivity contribution is -0.148. The first-order valence-corrected chi connectivity index (χ1v) is 18.7. The van der Waals surface area contributed by atoms with Crippen molar-refractivity contribution in [2.24, 2.45) is 34.6 Å². The van der Waals surface area contributed by atoms with E-state index in [-0.39, 0.29) is 54.0 Å². The number of aromatic amines is 1. The molecule has 1 aromatic heterocycles. The van der Waals surface area contributed by atoms with Gasteiger partial charge < -0.3 is 29.6 Å². The maximum absolute atomic E-state index is 13.6. The Balaban J connectivity index is 1.19. The maximum Gasteiger partial charge on any atom is 0.407 e. The van der Waals surface area contributed by atoms with Crippen LogP contribution in [-0.4, -0.2) is 88.7 Å². The van der Waals surface area contributed by atoms with E-state index in [1.165, 1.54) is 14.2 Å². The van der Waals surface area contributed by atoms with Gasteiger partial charge in [-0.1, -0.05) is 59.3 Å². The predicted molar refractivity (Wildman–Crippen MR) is 205 cm³/mol. The number of nitrogens with one attached hydrogen (secondary N) is 2. The monoisotopic (exact) mass is 740 g/mol. The summed E-state index contributed by atoms with van der Waals surface area (Å²) in [5.41, 5.74) is 4.12. The summed E-state index contributed by atoms with van der Waals surface area (Å²) in [7, 11) is 2.63. The zero-order chi connectivity index (χ0) is 39.1. The van der Waals surface area contributed by atoms with Crippen LogP contribution < -0.4 is 5.32 Å². The molecule has 12 heteroatoms. The van der Waals surface area contributed by atoms with Crippen molar-refractivity contribution in [3.63, 3.8) is 0 Å². The van der Waals surface area contributed by atoms with Crippen molar-refractivity contribution < 1.29 is 28.7 Å². The first kappa shape index (κ1) is 39.8. The molecule has 3 amide bonds. The number of ether oxygens (including phenoxy) is 2. The highest BCUT2D eigenvalue weighted by molar-refractivity contribution is 5.98. The molecule has 0 bridgehead atoms. The summed E-state index contributed by atoms with van der Waals surface area (Å²) in [5.74, 6) is 13.0. The molecule has 2 fully saturated rings. The van der Waals surface area contributed by atoms with E-state index in [9.17, 15) is 19.2 Å². The number of hydrogen-bond donors (Lipinski definition) is 2.